The number of rotatable bonds is 5. The molecule has 1 N–H and O–H groups in total. The van der Waals surface area contributed by atoms with Gasteiger partial charge in [0.25, 0.3) is 0 Å². The van der Waals surface area contributed by atoms with Gasteiger partial charge in [-0.1, -0.05) is 6.92 Å². The van der Waals surface area contributed by atoms with Gasteiger partial charge in [0.05, 0.1) is 0 Å². The zero-order valence-electron chi connectivity index (χ0n) is 6.53. The van der Waals surface area contributed by atoms with Gasteiger partial charge in [0.1, 0.15) is 6.67 Å². The molecule has 0 saturated heterocycles. The van der Waals surface area contributed by atoms with Crippen LogP contribution in [0.15, 0.2) is 0 Å². The summed E-state index contributed by atoms with van der Waals surface area (Å²) in [6.45, 7) is 4.19. The number of alkyl halides is 2. The minimum atomic E-state index is -0.306. The normalized spacial score (nSPS) is 16.8. The minimum absolute atomic E-state index is 0.306. The van der Waals surface area contributed by atoms with Crippen LogP contribution in [0.2, 0.25) is 0 Å². The molecule has 0 aliphatic carbocycles. The molecule has 2 unspecified atom stereocenters. The first-order valence-corrected chi connectivity index (χ1v) is 4.11. The molecule has 10 heavy (non-hydrogen) atoms. The number of hydrogen-bond donors (Lipinski definition) is 1. The van der Waals surface area contributed by atoms with Crippen molar-refractivity contribution in [2.24, 2.45) is 5.92 Å². The SMILES string of the molecule is CC(CCl)C(C)NCCF. The van der Waals surface area contributed by atoms with Gasteiger partial charge in [-0.15, -0.1) is 11.6 Å². The van der Waals surface area contributed by atoms with Gasteiger partial charge in [0, 0.05) is 18.5 Å². The van der Waals surface area contributed by atoms with Gasteiger partial charge < -0.3 is 5.32 Å². The largest absolute Gasteiger partial charge is 0.311 e. The van der Waals surface area contributed by atoms with Crippen LogP contribution in [0.5, 0.6) is 0 Å². The third kappa shape index (κ3) is 4.07. The summed E-state index contributed by atoms with van der Waals surface area (Å²) in [7, 11) is 0. The van der Waals surface area contributed by atoms with Crippen LogP contribution in [0.4, 0.5) is 4.39 Å². The van der Waals surface area contributed by atoms with E-state index in [0.29, 0.717) is 24.4 Å². The lowest BCUT2D eigenvalue weighted by molar-refractivity contribution is 0.391. The Morgan fingerprint density at radius 1 is 1.50 bits per heavy atom. The Balaban J connectivity index is 3.31. The van der Waals surface area contributed by atoms with Crippen LogP contribution < -0.4 is 5.32 Å². The molecular weight excluding hydrogens is 153 g/mol. The molecule has 0 aliphatic rings. The van der Waals surface area contributed by atoms with Crippen LogP contribution >= 0.6 is 11.6 Å². The van der Waals surface area contributed by atoms with Crippen molar-refractivity contribution in [1.29, 1.82) is 0 Å². The molecule has 2 atom stereocenters. The molecule has 0 aliphatic heterocycles. The summed E-state index contributed by atoms with van der Waals surface area (Å²) in [4.78, 5) is 0. The smallest absolute Gasteiger partial charge is 0.102 e. The molecular formula is C7H15ClFN. The summed E-state index contributed by atoms with van der Waals surface area (Å²) < 4.78 is 11.6. The van der Waals surface area contributed by atoms with E-state index in [0.717, 1.165) is 0 Å². The van der Waals surface area contributed by atoms with Gasteiger partial charge in [-0.05, 0) is 12.8 Å². The van der Waals surface area contributed by atoms with Crippen LogP contribution in [0.25, 0.3) is 0 Å². The lowest BCUT2D eigenvalue weighted by Gasteiger charge is -2.17. The second-order valence-electron chi connectivity index (χ2n) is 2.56. The summed E-state index contributed by atoms with van der Waals surface area (Å²) in [6, 6.07) is 0.313. The topological polar surface area (TPSA) is 12.0 Å². The molecule has 0 saturated carbocycles. The number of halogens is 2. The Labute approximate surface area is 66.9 Å². The predicted molar refractivity (Wildman–Crippen MR) is 43.3 cm³/mol. The van der Waals surface area contributed by atoms with Crippen molar-refractivity contribution in [2.45, 2.75) is 19.9 Å². The van der Waals surface area contributed by atoms with Crippen molar-refractivity contribution >= 4 is 11.6 Å². The monoisotopic (exact) mass is 167 g/mol. The Kier molecular flexibility index (Phi) is 6.03. The lowest BCUT2D eigenvalue weighted by atomic mass is 10.1. The van der Waals surface area contributed by atoms with Crippen molar-refractivity contribution in [3.63, 3.8) is 0 Å². The maximum Gasteiger partial charge on any atom is 0.102 e. The standard InChI is InChI=1S/C7H15ClFN/c1-6(5-8)7(2)10-4-3-9/h6-7,10H,3-5H2,1-2H3. The Bertz CT molecular complexity index is 80.0. The van der Waals surface area contributed by atoms with Crippen LogP contribution in [0.3, 0.4) is 0 Å². The van der Waals surface area contributed by atoms with E-state index in [1.54, 1.807) is 0 Å². The average Bonchev–Trinajstić information content (AvgIpc) is 1.98. The fourth-order valence-corrected chi connectivity index (χ4v) is 0.884. The van der Waals surface area contributed by atoms with Gasteiger partial charge in [-0.2, -0.15) is 0 Å². The molecule has 0 spiro atoms. The Morgan fingerprint density at radius 2 is 2.10 bits per heavy atom. The molecule has 62 valence electrons. The maximum absolute atomic E-state index is 11.6. The highest BCUT2D eigenvalue weighted by Gasteiger charge is 2.08. The quantitative estimate of drug-likeness (QED) is 0.616. The van der Waals surface area contributed by atoms with Crippen LogP contribution in [0, 0.1) is 5.92 Å². The molecule has 0 rings (SSSR count). The first kappa shape index (κ1) is 10.2. The van der Waals surface area contributed by atoms with Gasteiger partial charge in [-0.25, -0.2) is 4.39 Å². The van der Waals surface area contributed by atoms with Crippen molar-refractivity contribution in [2.75, 3.05) is 19.1 Å². The molecule has 0 aromatic heterocycles. The van der Waals surface area contributed by atoms with Crippen LogP contribution in [-0.4, -0.2) is 25.1 Å². The Hall–Kier alpha value is 0.180. The van der Waals surface area contributed by atoms with E-state index in [1.165, 1.54) is 0 Å². The lowest BCUT2D eigenvalue weighted by Crippen LogP contribution is -2.34. The van der Waals surface area contributed by atoms with E-state index in [-0.39, 0.29) is 6.67 Å². The molecule has 3 heteroatoms. The molecule has 0 fully saturated rings. The van der Waals surface area contributed by atoms with E-state index in [4.69, 9.17) is 11.6 Å². The predicted octanol–water partition coefficient (Wildman–Crippen LogP) is 1.81. The highest BCUT2D eigenvalue weighted by atomic mass is 35.5. The van der Waals surface area contributed by atoms with Crippen molar-refractivity contribution in [3.05, 3.63) is 0 Å². The molecule has 0 bridgehead atoms. The zero-order chi connectivity index (χ0) is 7.98. The van der Waals surface area contributed by atoms with E-state index in [2.05, 4.69) is 5.32 Å². The van der Waals surface area contributed by atoms with Crippen molar-refractivity contribution in [3.8, 4) is 0 Å². The zero-order valence-corrected chi connectivity index (χ0v) is 7.29. The summed E-state index contributed by atoms with van der Waals surface area (Å²) in [5.41, 5.74) is 0. The summed E-state index contributed by atoms with van der Waals surface area (Å²) >= 11 is 5.59. The van der Waals surface area contributed by atoms with E-state index < -0.39 is 0 Å². The molecule has 0 radical (unpaired) electrons. The third-order valence-corrected chi connectivity index (χ3v) is 2.14. The van der Waals surface area contributed by atoms with Gasteiger partial charge in [0.2, 0.25) is 0 Å². The number of hydrogen-bond acceptors (Lipinski definition) is 1. The van der Waals surface area contributed by atoms with E-state index >= 15 is 0 Å². The van der Waals surface area contributed by atoms with E-state index in [9.17, 15) is 4.39 Å². The third-order valence-electron chi connectivity index (χ3n) is 1.66. The maximum atomic E-state index is 11.6. The number of nitrogens with one attached hydrogen (secondary N) is 1. The minimum Gasteiger partial charge on any atom is -0.311 e. The van der Waals surface area contributed by atoms with Crippen LogP contribution in [0.1, 0.15) is 13.8 Å². The fourth-order valence-electron chi connectivity index (χ4n) is 0.617. The molecule has 0 heterocycles. The second kappa shape index (κ2) is 5.93. The molecule has 0 amide bonds. The average molecular weight is 168 g/mol. The summed E-state index contributed by atoms with van der Waals surface area (Å²) in [5, 5.41) is 3.02. The van der Waals surface area contributed by atoms with Gasteiger partial charge in [0.15, 0.2) is 0 Å². The van der Waals surface area contributed by atoms with Crippen LogP contribution in [-0.2, 0) is 0 Å². The second-order valence-corrected chi connectivity index (χ2v) is 2.87. The van der Waals surface area contributed by atoms with Crippen molar-refractivity contribution in [1.82, 2.24) is 5.32 Å². The molecule has 1 nitrogen and oxygen atoms in total. The first-order chi connectivity index (χ1) is 4.72. The molecule has 0 aromatic rings. The summed E-state index contributed by atoms with van der Waals surface area (Å²) in [5.74, 6) is 1.04. The van der Waals surface area contributed by atoms with Gasteiger partial charge >= 0.3 is 0 Å². The molecule has 0 aromatic carbocycles. The fraction of sp³-hybridized carbons (Fsp3) is 1.00. The highest BCUT2D eigenvalue weighted by molar-refractivity contribution is 6.18. The first-order valence-electron chi connectivity index (χ1n) is 3.57. The highest BCUT2D eigenvalue weighted by Crippen LogP contribution is 2.03. The summed E-state index contributed by atoms with van der Waals surface area (Å²) in [6.07, 6.45) is 0. The van der Waals surface area contributed by atoms with E-state index in [1.807, 2.05) is 13.8 Å². The van der Waals surface area contributed by atoms with Gasteiger partial charge in [-0.3, -0.25) is 0 Å². The Morgan fingerprint density at radius 3 is 2.50 bits per heavy atom. The van der Waals surface area contributed by atoms with Crippen molar-refractivity contribution < 1.29 is 4.39 Å².